The molecule has 1 heterocycles. The lowest BCUT2D eigenvalue weighted by Crippen LogP contribution is -2.50. The van der Waals surface area contributed by atoms with Crippen molar-refractivity contribution in [3.05, 3.63) is 78.1 Å². The number of rotatable bonds is 8. The minimum atomic E-state index is -0.713. The average molecular weight is 435 g/mol. The molecule has 4 amide bonds. The van der Waals surface area contributed by atoms with Gasteiger partial charge in [-0.2, -0.15) is 5.10 Å². The molecule has 0 saturated carbocycles. The van der Waals surface area contributed by atoms with Crippen LogP contribution in [-0.4, -0.2) is 33.7 Å². The molecule has 32 heavy (non-hydrogen) atoms. The van der Waals surface area contributed by atoms with Gasteiger partial charge in [-0.3, -0.25) is 9.59 Å². The number of hydrogen-bond donors (Lipinski definition) is 4. The molecule has 9 heteroatoms. The zero-order valence-corrected chi connectivity index (χ0v) is 17.9. The Morgan fingerprint density at radius 1 is 1.00 bits per heavy atom. The number of urea groups is 1. The summed E-state index contributed by atoms with van der Waals surface area (Å²) in [5.41, 5.74) is 7.63. The predicted octanol–water partition coefficient (Wildman–Crippen LogP) is 2.43. The van der Waals surface area contributed by atoms with Crippen LogP contribution in [-0.2, 0) is 11.3 Å². The Kier molecular flexibility index (Phi) is 7.22. The number of carbonyl (C=O) groups is 3. The summed E-state index contributed by atoms with van der Waals surface area (Å²) >= 11 is 0. The van der Waals surface area contributed by atoms with Gasteiger partial charge < -0.3 is 21.7 Å². The molecule has 2 aromatic carbocycles. The maximum Gasteiger partial charge on any atom is 0.315 e. The Labute approximate surface area is 186 Å². The van der Waals surface area contributed by atoms with Crippen LogP contribution in [0.3, 0.4) is 0 Å². The van der Waals surface area contributed by atoms with Crippen molar-refractivity contribution in [2.24, 2.45) is 11.7 Å². The smallest absolute Gasteiger partial charge is 0.315 e. The average Bonchev–Trinajstić information content (AvgIpc) is 3.28. The molecule has 0 bridgehead atoms. The number of hydrogen-bond acceptors (Lipinski definition) is 4. The van der Waals surface area contributed by atoms with Crippen LogP contribution < -0.4 is 21.7 Å². The van der Waals surface area contributed by atoms with E-state index in [4.69, 9.17) is 5.73 Å². The Balaban J connectivity index is 1.58. The zero-order chi connectivity index (χ0) is 23.1. The van der Waals surface area contributed by atoms with Crippen LogP contribution in [0.5, 0.6) is 0 Å². The number of nitrogens with zero attached hydrogens (tertiary/aromatic N) is 2. The van der Waals surface area contributed by atoms with Gasteiger partial charge in [0.25, 0.3) is 5.91 Å². The van der Waals surface area contributed by atoms with Gasteiger partial charge in [0, 0.05) is 18.4 Å². The van der Waals surface area contributed by atoms with Crippen molar-refractivity contribution in [1.82, 2.24) is 20.4 Å². The van der Waals surface area contributed by atoms with Gasteiger partial charge in [-0.05, 0) is 41.8 Å². The van der Waals surface area contributed by atoms with E-state index in [9.17, 15) is 14.4 Å². The summed E-state index contributed by atoms with van der Waals surface area (Å²) in [5, 5.41) is 12.4. The Bertz CT molecular complexity index is 1080. The van der Waals surface area contributed by atoms with Gasteiger partial charge in [0.1, 0.15) is 11.7 Å². The number of anilines is 1. The van der Waals surface area contributed by atoms with Gasteiger partial charge in [-0.25, -0.2) is 9.48 Å². The number of carbonyl (C=O) groups excluding carboxylic acids is 3. The second-order valence-electron chi connectivity index (χ2n) is 7.58. The van der Waals surface area contributed by atoms with E-state index in [-0.39, 0.29) is 17.5 Å². The lowest BCUT2D eigenvalue weighted by Gasteiger charge is -2.22. The number of primary amides is 1. The molecule has 166 valence electrons. The topological polar surface area (TPSA) is 131 Å². The van der Waals surface area contributed by atoms with E-state index >= 15 is 0 Å². The molecular formula is C23H26N6O3. The number of nitrogens with one attached hydrogen (secondary N) is 3. The molecule has 3 rings (SSSR count). The number of benzene rings is 2. The van der Waals surface area contributed by atoms with Crippen molar-refractivity contribution < 1.29 is 14.4 Å². The predicted molar refractivity (Wildman–Crippen MR) is 121 cm³/mol. The van der Waals surface area contributed by atoms with Crippen LogP contribution >= 0.6 is 0 Å². The third kappa shape index (κ3) is 5.94. The first-order valence-electron chi connectivity index (χ1n) is 10.2. The van der Waals surface area contributed by atoms with E-state index in [1.807, 2.05) is 44.2 Å². The summed E-state index contributed by atoms with van der Waals surface area (Å²) in [7, 11) is 0. The van der Waals surface area contributed by atoms with Crippen LogP contribution in [0.25, 0.3) is 5.69 Å². The fourth-order valence-corrected chi connectivity index (χ4v) is 3.02. The van der Waals surface area contributed by atoms with Gasteiger partial charge in [0.05, 0.1) is 5.69 Å². The highest BCUT2D eigenvalue weighted by atomic mass is 16.2. The third-order valence-electron chi connectivity index (χ3n) is 4.77. The van der Waals surface area contributed by atoms with E-state index < -0.39 is 18.0 Å². The van der Waals surface area contributed by atoms with Crippen LogP contribution in [0, 0.1) is 5.92 Å². The van der Waals surface area contributed by atoms with Crippen molar-refractivity contribution in [3.8, 4) is 5.69 Å². The molecule has 0 saturated heterocycles. The van der Waals surface area contributed by atoms with Crippen molar-refractivity contribution in [3.63, 3.8) is 0 Å². The van der Waals surface area contributed by atoms with E-state index in [1.165, 1.54) is 10.7 Å². The van der Waals surface area contributed by atoms with Crippen molar-refractivity contribution in [1.29, 1.82) is 0 Å². The highest BCUT2D eigenvalue weighted by Crippen LogP contribution is 2.15. The molecule has 0 aliphatic rings. The zero-order valence-electron chi connectivity index (χ0n) is 17.9. The Morgan fingerprint density at radius 2 is 1.69 bits per heavy atom. The van der Waals surface area contributed by atoms with Crippen molar-refractivity contribution in [2.75, 3.05) is 5.32 Å². The number of aromatic nitrogens is 2. The van der Waals surface area contributed by atoms with Crippen LogP contribution in [0.4, 0.5) is 10.5 Å². The summed E-state index contributed by atoms with van der Waals surface area (Å²) in [6.07, 6.45) is 1.63. The Hall–Kier alpha value is -4.14. The van der Waals surface area contributed by atoms with Gasteiger partial charge in [-0.15, -0.1) is 0 Å². The van der Waals surface area contributed by atoms with Gasteiger partial charge in [0.15, 0.2) is 0 Å². The van der Waals surface area contributed by atoms with E-state index in [0.717, 1.165) is 5.56 Å². The molecule has 1 atom stereocenters. The molecule has 1 unspecified atom stereocenters. The monoisotopic (exact) mass is 434 g/mol. The van der Waals surface area contributed by atoms with Gasteiger partial charge >= 0.3 is 6.03 Å². The van der Waals surface area contributed by atoms with Crippen LogP contribution in [0.2, 0.25) is 0 Å². The molecule has 5 N–H and O–H groups in total. The SMILES string of the molecule is CC(C)C(NC(=O)NCc1ccccc1)C(=O)Nc1ccc(-n2ccc(C(N)=O)n2)cc1. The summed E-state index contributed by atoms with van der Waals surface area (Å²) in [6.45, 7) is 4.09. The number of nitrogens with two attached hydrogens (primary N) is 1. The first kappa shape index (κ1) is 22.5. The maximum atomic E-state index is 12.8. The lowest BCUT2D eigenvalue weighted by molar-refractivity contribution is -0.118. The van der Waals surface area contributed by atoms with Crippen LogP contribution in [0.15, 0.2) is 66.9 Å². The second-order valence-corrected chi connectivity index (χ2v) is 7.58. The molecule has 0 aliphatic heterocycles. The quantitative estimate of drug-likeness (QED) is 0.434. The third-order valence-corrected chi connectivity index (χ3v) is 4.77. The fourth-order valence-electron chi connectivity index (χ4n) is 3.02. The summed E-state index contributed by atoms with van der Waals surface area (Å²) < 4.78 is 1.52. The molecule has 0 aliphatic carbocycles. The Morgan fingerprint density at radius 3 is 2.28 bits per heavy atom. The summed E-state index contributed by atoms with van der Waals surface area (Å²) in [4.78, 5) is 36.3. The largest absolute Gasteiger partial charge is 0.364 e. The molecule has 0 spiro atoms. The summed E-state index contributed by atoms with van der Waals surface area (Å²) in [6, 6.07) is 16.8. The first-order valence-corrected chi connectivity index (χ1v) is 10.2. The highest BCUT2D eigenvalue weighted by molar-refractivity contribution is 5.97. The van der Waals surface area contributed by atoms with E-state index in [2.05, 4.69) is 21.0 Å². The maximum absolute atomic E-state index is 12.8. The minimum absolute atomic E-state index is 0.118. The van der Waals surface area contributed by atoms with Crippen molar-refractivity contribution in [2.45, 2.75) is 26.4 Å². The molecule has 0 radical (unpaired) electrons. The number of amides is 4. The molecule has 3 aromatic rings. The van der Waals surface area contributed by atoms with Crippen LogP contribution in [0.1, 0.15) is 29.9 Å². The molecule has 1 aromatic heterocycles. The molecule has 9 nitrogen and oxygen atoms in total. The van der Waals surface area contributed by atoms with Crippen molar-refractivity contribution >= 4 is 23.5 Å². The van der Waals surface area contributed by atoms with Gasteiger partial charge in [0.2, 0.25) is 5.91 Å². The molecule has 0 fully saturated rings. The lowest BCUT2D eigenvalue weighted by atomic mass is 10.0. The normalized spacial score (nSPS) is 11.6. The minimum Gasteiger partial charge on any atom is -0.364 e. The van der Waals surface area contributed by atoms with Gasteiger partial charge in [-0.1, -0.05) is 44.2 Å². The van der Waals surface area contributed by atoms with E-state index in [0.29, 0.717) is 17.9 Å². The first-order chi connectivity index (χ1) is 15.3. The standard InChI is InChI=1S/C23H26N6O3/c1-15(2)20(27-23(32)25-14-16-6-4-3-5-7-16)22(31)26-17-8-10-18(11-9-17)29-13-12-19(28-29)21(24)30/h3-13,15,20H,14H2,1-2H3,(H2,24,30)(H,26,31)(H2,25,27,32). The second kappa shape index (κ2) is 10.3. The summed E-state index contributed by atoms with van der Waals surface area (Å²) in [5.74, 6) is -1.04. The highest BCUT2D eigenvalue weighted by Gasteiger charge is 2.24. The van der Waals surface area contributed by atoms with E-state index in [1.54, 1.807) is 30.5 Å². The molecular weight excluding hydrogens is 408 g/mol. The fraction of sp³-hybridized carbons (Fsp3) is 0.217.